The topological polar surface area (TPSA) is 45.7 Å². The third kappa shape index (κ3) is 4.69. The maximum absolute atomic E-state index is 13.2. The van der Waals surface area contributed by atoms with Crippen molar-refractivity contribution in [1.29, 1.82) is 0 Å². The molecular weight excluding hydrogens is 343 g/mol. The van der Waals surface area contributed by atoms with Crippen molar-refractivity contribution in [3.05, 3.63) is 35.4 Å². The summed E-state index contributed by atoms with van der Waals surface area (Å²) in [5, 5.41) is 6.59. The zero-order valence-electron chi connectivity index (χ0n) is 15.0. The summed E-state index contributed by atoms with van der Waals surface area (Å²) in [4.78, 5) is 4.72. The molecule has 3 rings (SSSR count). The first-order valence-electron chi connectivity index (χ1n) is 9.23. The minimum atomic E-state index is -4.34. The van der Waals surface area contributed by atoms with Crippen LogP contribution in [0.4, 0.5) is 13.2 Å². The second-order valence-electron chi connectivity index (χ2n) is 7.09. The molecular formula is C19H26F3N3O. The van der Waals surface area contributed by atoms with Crippen LogP contribution < -0.4 is 10.6 Å². The van der Waals surface area contributed by atoms with Crippen LogP contribution in [0.25, 0.3) is 0 Å². The minimum Gasteiger partial charge on any atom is -0.381 e. The van der Waals surface area contributed by atoms with Crippen molar-refractivity contribution < 1.29 is 17.9 Å². The fourth-order valence-corrected chi connectivity index (χ4v) is 3.30. The number of hydrogen-bond acceptors (Lipinski definition) is 2. The van der Waals surface area contributed by atoms with E-state index in [1.807, 2.05) is 6.92 Å². The highest BCUT2D eigenvalue weighted by molar-refractivity contribution is 5.80. The average molecular weight is 369 g/mol. The molecule has 4 nitrogen and oxygen atoms in total. The number of benzene rings is 1. The molecule has 26 heavy (non-hydrogen) atoms. The van der Waals surface area contributed by atoms with E-state index < -0.39 is 17.2 Å². The van der Waals surface area contributed by atoms with Gasteiger partial charge in [0, 0.05) is 31.2 Å². The first-order valence-corrected chi connectivity index (χ1v) is 9.23. The number of hydrogen-bond donors (Lipinski definition) is 2. The Labute approximate surface area is 152 Å². The van der Waals surface area contributed by atoms with E-state index in [9.17, 15) is 13.2 Å². The Hall–Kier alpha value is -1.76. The highest BCUT2D eigenvalue weighted by Crippen LogP contribution is 2.38. The van der Waals surface area contributed by atoms with Crippen molar-refractivity contribution in [2.75, 3.05) is 26.3 Å². The molecule has 1 saturated heterocycles. The number of nitrogens with one attached hydrogen (secondary N) is 2. The van der Waals surface area contributed by atoms with Gasteiger partial charge in [-0.05, 0) is 44.2 Å². The summed E-state index contributed by atoms with van der Waals surface area (Å²) in [7, 11) is 0. The number of alkyl halides is 3. The highest BCUT2D eigenvalue weighted by Gasteiger charge is 2.37. The normalized spacial score (nSPS) is 20.7. The summed E-state index contributed by atoms with van der Waals surface area (Å²) >= 11 is 0. The summed E-state index contributed by atoms with van der Waals surface area (Å²) in [5.74, 6) is 0.743. The lowest BCUT2D eigenvalue weighted by Gasteiger charge is -2.37. The predicted molar refractivity (Wildman–Crippen MR) is 95.3 cm³/mol. The van der Waals surface area contributed by atoms with Gasteiger partial charge in [0.15, 0.2) is 5.96 Å². The van der Waals surface area contributed by atoms with Gasteiger partial charge < -0.3 is 15.4 Å². The summed E-state index contributed by atoms with van der Waals surface area (Å²) in [6.45, 7) is 4.27. The Bertz CT molecular complexity index is 635. The number of rotatable bonds is 5. The molecule has 2 fully saturated rings. The molecule has 2 N–H and O–H groups in total. The van der Waals surface area contributed by atoms with E-state index in [1.54, 1.807) is 6.07 Å². The van der Waals surface area contributed by atoms with Crippen LogP contribution in [0.5, 0.6) is 0 Å². The molecule has 1 heterocycles. The van der Waals surface area contributed by atoms with E-state index in [0.717, 1.165) is 31.4 Å². The van der Waals surface area contributed by atoms with Crippen molar-refractivity contribution in [3.8, 4) is 0 Å². The Morgan fingerprint density at radius 3 is 2.62 bits per heavy atom. The van der Waals surface area contributed by atoms with Crippen molar-refractivity contribution in [3.63, 3.8) is 0 Å². The summed E-state index contributed by atoms with van der Waals surface area (Å²) in [6.07, 6.45) is -0.733. The van der Waals surface area contributed by atoms with Gasteiger partial charge in [-0.25, -0.2) is 0 Å². The lowest BCUT2D eigenvalue weighted by Crippen LogP contribution is -2.42. The van der Waals surface area contributed by atoms with Crippen LogP contribution >= 0.6 is 0 Å². The van der Waals surface area contributed by atoms with Crippen LogP contribution in [0, 0.1) is 0 Å². The van der Waals surface area contributed by atoms with Gasteiger partial charge in [-0.1, -0.05) is 18.2 Å². The maximum atomic E-state index is 13.2. The molecule has 0 bridgehead atoms. The van der Waals surface area contributed by atoms with Gasteiger partial charge in [0.05, 0.1) is 12.1 Å². The Morgan fingerprint density at radius 2 is 2.00 bits per heavy atom. The largest absolute Gasteiger partial charge is 0.416 e. The average Bonchev–Trinajstić information content (AvgIpc) is 3.44. The Kier molecular flexibility index (Phi) is 5.75. The van der Waals surface area contributed by atoms with Gasteiger partial charge in [0.1, 0.15) is 0 Å². The molecule has 144 valence electrons. The molecule has 2 aliphatic rings. The van der Waals surface area contributed by atoms with Crippen LogP contribution in [-0.4, -0.2) is 38.3 Å². The second kappa shape index (κ2) is 7.86. The summed E-state index contributed by atoms with van der Waals surface area (Å²) < 4.78 is 44.9. The number of aliphatic imine (C=N–C) groups is 1. The molecule has 1 aromatic rings. The van der Waals surface area contributed by atoms with Gasteiger partial charge in [0.2, 0.25) is 0 Å². The first-order chi connectivity index (χ1) is 12.4. The molecule has 0 spiro atoms. The van der Waals surface area contributed by atoms with Gasteiger partial charge >= 0.3 is 6.18 Å². The molecule has 1 aliphatic carbocycles. The van der Waals surface area contributed by atoms with Crippen LogP contribution in [0.3, 0.4) is 0 Å². The Morgan fingerprint density at radius 1 is 1.27 bits per heavy atom. The van der Waals surface area contributed by atoms with E-state index in [1.165, 1.54) is 12.1 Å². The summed E-state index contributed by atoms with van der Waals surface area (Å²) in [6, 6.07) is 6.15. The quantitative estimate of drug-likeness (QED) is 0.617. The van der Waals surface area contributed by atoms with E-state index in [4.69, 9.17) is 9.73 Å². The number of halogens is 3. The van der Waals surface area contributed by atoms with E-state index in [2.05, 4.69) is 10.6 Å². The standard InChI is InChI=1S/C19H26F3N3O/c1-2-23-17(25-16-6-7-16)24-13-18(8-10-26-11-9-18)14-4-3-5-15(12-14)19(20,21)22/h3-5,12,16H,2,6-11,13H2,1H3,(H2,23,24,25). The van der Waals surface area contributed by atoms with E-state index in [0.29, 0.717) is 44.2 Å². The molecule has 0 aromatic heterocycles. The molecule has 1 saturated carbocycles. The molecule has 0 amide bonds. The number of guanidine groups is 1. The van der Waals surface area contributed by atoms with Crippen molar-refractivity contribution in [2.45, 2.75) is 50.2 Å². The molecule has 7 heteroatoms. The van der Waals surface area contributed by atoms with Gasteiger partial charge in [-0.2, -0.15) is 13.2 Å². The third-order valence-electron chi connectivity index (χ3n) is 5.05. The summed E-state index contributed by atoms with van der Waals surface area (Å²) in [5.41, 5.74) is -0.333. The zero-order valence-corrected chi connectivity index (χ0v) is 15.0. The number of nitrogens with zero attached hydrogens (tertiary/aromatic N) is 1. The first kappa shape index (κ1) is 19.0. The van der Waals surface area contributed by atoms with Crippen molar-refractivity contribution >= 4 is 5.96 Å². The van der Waals surface area contributed by atoms with Gasteiger partial charge in [0.25, 0.3) is 0 Å². The van der Waals surface area contributed by atoms with Crippen molar-refractivity contribution in [1.82, 2.24) is 10.6 Å². The SMILES string of the molecule is CCNC(=NCC1(c2cccc(C(F)(F)F)c2)CCOCC1)NC1CC1. The lowest BCUT2D eigenvalue weighted by atomic mass is 9.74. The van der Waals surface area contributed by atoms with Gasteiger partial charge in [-0.3, -0.25) is 4.99 Å². The number of ether oxygens (including phenoxy) is 1. The molecule has 1 aliphatic heterocycles. The zero-order chi connectivity index (χ0) is 18.6. The van der Waals surface area contributed by atoms with Crippen LogP contribution in [-0.2, 0) is 16.3 Å². The second-order valence-corrected chi connectivity index (χ2v) is 7.09. The molecule has 0 radical (unpaired) electrons. The minimum absolute atomic E-state index is 0.425. The third-order valence-corrected chi connectivity index (χ3v) is 5.05. The van der Waals surface area contributed by atoms with E-state index >= 15 is 0 Å². The van der Waals surface area contributed by atoms with E-state index in [-0.39, 0.29) is 0 Å². The maximum Gasteiger partial charge on any atom is 0.416 e. The smallest absolute Gasteiger partial charge is 0.381 e. The highest BCUT2D eigenvalue weighted by atomic mass is 19.4. The molecule has 1 aromatic carbocycles. The van der Waals surface area contributed by atoms with Crippen LogP contribution in [0.2, 0.25) is 0 Å². The Balaban J connectivity index is 1.86. The fourth-order valence-electron chi connectivity index (χ4n) is 3.30. The molecule has 0 atom stereocenters. The fraction of sp³-hybridized carbons (Fsp3) is 0.632. The monoisotopic (exact) mass is 369 g/mol. The van der Waals surface area contributed by atoms with Crippen molar-refractivity contribution in [2.24, 2.45) is 4.99 Å². The predicted octanol–water partition coefficient (Wildman–Crippen LogP) is 3.47. The van der Waals surface area contributed by atoms with Gasteiger partial charge in [-0.15, -0.1) is 0 Å². The lowest BCUT2D eigenvalue weighted by molar-refractivity contribution is -0.137. The van der Waals surface area contributed by atoms with Crippen LogP contribution in [0.15, 0.2) is 29.3 Å². The molecule has 0 unspecified atom stereocenters. The van der Waals surface area contributed by atoms with Crippen LogP contribution in [0.1, 0.15) is 43.7 Å².